The van der Waals surface area contributed by atoms with Gasteiger partial charge in [0.15, 0.2) is 0 Å². The van der Waals surface area contributed by atoms with Crippen molar-refractivity contribution in [2.75, 3.05) is 4.84 Å². The Morgan fingerprint density at radius 2 is 2.18 bits per heavy atom. The summed E-state index contributed by atoms with van der Waals surface area (Å²) in [5.74, 6) is 0. The summed E-state index contributed by atoms with van der Waals surface area (Å²) in [5, 5.41) is -0.487. The molecule has 1 N–H and O–H groups in total. The van der Waals surface area contributed by atoms with E-state index in [0.717, 1.165) is 0 Å². The van der Waals surface area contributed by atoms with E-state index in [1.165, 1.54) is 0 Å². The predicted molar refractivity (Wildman–Crippen MR) is 46.1 cm³/mol. The molecule has 58 valence electrons. The summed E-state index contributed by atoms with van der Waals surface area (Å²) in [6, 6.07) is 6.62. The summed E-state index contributed by atoms with van der Waals surface area (Å²) in [4.78, 5) is 13.0. The Bertz CT molecular complexity index is 275. The summed E-state index contributed by atoms with van der Waals surface area (Å²) in [5.41, 5.74) is 1.08. The van der Waals surface area contributed by atoms with Crippen molar-refractivity contribution in [1.82, 2.24) is 0 Å². The Morgan fingerprint density at radius 1 is 1.45 bits per heavy atom. The van der Waals surface area contributed by atoms with Crippen molar-refractivity contribution in [2.45, 2.75) is 0 Å². The van der Waals surface area contributed by atoms with Gasteiger partial charge in [0.05, 0.1) is 0 Å². The molecule has 0 aliphatic carbocycles. The van der Waals surface area contributed by atoms with Gasteiger partial charge in [-0.3, -0.25) is 9.63 Å². The molecule has 1 rings (SSSR count). The lowest BCUT2D eigenvalue weighted by Crippen LogP contribution is -1.89. The minimum atomic E-state index is -0.487. The first-order valence-electron chi connectivity index (χ1n) is 2.90. The third-order valence-corrected chi connectivity index (χ3v) is 1.64. The summed E-state index contributed by atoms with van der Waals surface area (Å²) >= 11 is 10.5. The minimum Gasteiger partial charge on any atom is -0.298 e. The van der Waals surface area contributed by atoms with Crippen LogP contribution in [-0.2, 0) is 0 Å². The molecule has 0 heterocycles. The molecule has 0 spiro atoms. The average molecular weight is 190 g/mol. The van der Waals surface area contributed by atoms with Crippen molar-refractivity contribution in [1.29, 1.82) is 0 Å². The van der Waals surface area contributed by atoms with Gasteiger partial charge in [-0.1, -0.05) is 6.07 Å². The number of benzene rings is 1. The van der Waals surface area contributed by atoms with Crippen molar-refractivity contribution < 1.29 is 4.79 Å². The lowest BCUT2D eigenvalue weighted by atomic mass is 10.2. The fourth-order valence-corrected chi connectivity index (χ4v) is 0.935. The van der Waals surface area contributed by atoms with E-state index in [9.17, 15) is 4.79 Å². The summed E-state index contributed by atoms with van der Waals surface area (Å²) in [7, 11) is 0. The number of carbonyl (C=O) groups is 1. The fourth-order valence-electron chi connectivity index (χ4n) is 0.700. The maximum absolute atomic E-state index is 10.6. The lowest BCUT2D eigenvalue weighted by molar-refractivity contribution is 0.108. The van der Waals surface area contributed by atoms with Gasteiger partial charge in [0.1, 0.15) is 0 Å². The molecule has 0 aromatic heterocycles. The van der Waals surface area contributed by atoms with Crippen LogP contribution < -0.4 is 4.84 Å². The Morgan fingerprint density at radius 3 is 2.73 bits per heavy atom. The molecule has 11 heavy (non-hydrogen) atoms. The molecular weight excluding hydrogens is 185 g/mol. The summed E-state index contributed by atoms with van der Waals surface area (Å²) in [6.07, 6.45) is 0. The molecule has 2 nitrogen and oxygen atoms in total. The molecule has 0 radical (unpaired) electrons. The van der Waals surface area contributed by atoms with Crippen molar-refractivity contribution in [3.63, 3.8) is 0 Å². The van der Waals surface area contributed by atoms with Gasteiger partial charge in [0.2, 0.25) is 0 Å². The first-order valence-corrected chi connectivity index (χ1v) is 3.66. The second-order valence-corrected chi connectivity index (χ2v) is 2.48. The Labute approximate surface area is 74.2 Å². The van der Waals surface area contributed by atoms with Crippen LogP contribution in [-0.4, -0.2) is 5.24 Å². The smallest absolute Gasteiger partial charge is 0.252 e. The van der Waals surface area contributed by atoms with E-state index in [-0.39, 0.29) is 0 Å². The molecule has 0 fully saturated rings. The molecule has 0 bridgehead atoms. The molecule has 0 atom stereocenters. The lowest BCUT2D eigenvalue weighted by Gasteiger charge is -1.97. The monoisotopic (exact) mass is 189 g/mol. The molecule has 0 saturated carbocycles. The van der Waals surface area contributed by atoms with Gasteiger partial charge in [-0.25, -0.2) is 0 Å². The van der Waals surface area contributed by atoms with E-state index in [0.29, 0.717) is 11.3 Å². The van der Waals surface area contributed by atoms with Crippen LogP contribution in [0.5, 0.6) is 0 Å². The van der Waals surface area contributed by atoms with E-state index in [1.807, 2.05) is 0 Å². The topological polar surface area (TPSA) is 29.1 Å². The number of hydrogen-bond acceptors (Lipinski definition) is 2. The van der Waals surface area contributed by atoms with Crippen molar-refractivity contribution >= 4 is 34.3 Å². The van der Waals surface area contributed by atoms with E-state index in [1.54, 1.807) is 24.3 Å². The SMILES string of the molecule is O=C(Cl)c1cccc(NCl)c1. The van der Waals surface area contributed by atoms with Crippen molar-refractivity contribution in [3.05, 3.63) is 29.8 Å². The average Bonchev–Trinajstić information content (AvgIpc) is 2.05. The normalized spacial score (nSPS) is 9.27. The fraction of sp³-hybridized carbons (Fsp3) is 0. The zero-order valence-electron chi connectivity index (χ0n) is 5.47. The minimum absolute atomic E-state index is 0.428. The summed E-state index contributed by atoms with van der Waals surface area (Å²) in [6.45, 7) is 0. The highest BCUT2D eigenvalue weighted by molar-refractivity contribution is 6.67. The van der Waals surface area contributed by atoms with Gasteiger partial charge >= 0.3 is 0 Å². The van der Waals surface area contributed by atoms with Gasteiger partial charge in [0, 0.05) is 23.0 Å². The van der Waals surface area contributed by atoms with Gasteiger partial charge < -0.3 is 0 Å². The number of rotatable bonds is 2. The maximum atomic E-state index is 10.6. The van der Waals surface area contributed by atoms with Crippen LogP contribution in [0, 0.1) is 0 Å². The Hall–Kier alpha value is -0.730. The molecule has 0 amide bonds. The standard InChI is InChI=1S/C7H5Cl2NO/c8-7(11)5-2-1-3-6(4-5)10-9/h1-4,10H. The van der Waals surface area contributed by atoms with E-state index in [4.69, 9.17) is 23.4 Å². The van der Waals surface area contributed by atoms with Gasteiger partial charge in [0.25, 0.3) is 5.24 Å². The highest BCUT2D eigenvalue weighted by Crippen LogP contribution is 2.12. The highest BCUT2D eigenvalue weighted by Gasteiger charge is 2.00. The van der Waals surface area contributed by atoms with Gasteiger partial charge in [-0.15, -0.1) is 0 Å². The molecule has 0 saturated heterocycles. The first kappa shape index (κ1) is 8.37. The second kappa shape index (κ2) is 3.60. The third kappa shape index (κ3) is 2.10. The van der Waals surface area contributed by atoms with Crippen LogP contribution in [0.3, 0.4) is 0 Å². The zero-order valence-corrected chi connectivity index (χ0v) is 6.99. The van der Waals surface area contributed by atoms with Crippen LogP contribution in [0.15, 0.2) is 24.3 Å². The Balaban J connectivity index is 3.01. The zero-order chi connectivity index (χ0) is 8.27. The Kier molecular flexibility index (Phi) is 2.74. The second-order valence-electron chi connectivity index (χ2n) is 1.95. The number of carbonyl (C=O) groups excluding carboxylic acids is 1. The molecule has 1 aromatic carbocycles. The van der Waals surface area contributed by atoms with E-state index in [2.05, 4.69) is 4.84 Å². The summed E-state index contributed by atoms with van der Waals surface area (Å²) < 4.78 is 0. The number of anilines is 1. The highest BCUT2D eigenvalue weighted by atomic mass is 35.5. The van der Waals surface area contributed by atoms with Crippen LogP contribution in [0.1, 0.15) is 10.4 Å². The maximum Gasteiger partial charge on any atom is 0.252 e. The van der Waals surface area contributed by atoms with Crippen LogP contribution in [0.25, 0.3) is 0 Å². The molecule has 0 aliphatic heterocycles. The van der Waals surface area contributed by atoms with Gasteiger partial charge in [-0.05, 0) is 29.8 Å². The van der Waals surface area contributed by atoms with Gasteiger partial charge in [-0.2, -0.15) is 0 Å². The quantitative estimate of drug-likeness (QED) is 0.573. The third-order valence-electron chi connectivity index (χ3n) is 1.20. The van der Waals surface area contributed by atoms with Crippen molar-refractivity contribution in [2.24, 2.45) is 0 Å². The number of hydrogen-bond donors (Lipinski definition) is 1. The predicted octanol–water partition coefficient (Wildman–Crippen LogP) is 2.63. The molecule has 4 heteroatoms. The van der Waals surface area contributed by atoms with Crippen LogP contribution >= 0.6 is 23.4 Å². The molecule has 1 aromatic rings. The van der Waals surface area contributed by atoms with Crippen LogP contribution in [0.2, 0.25) is 0 Å². The molecule has 0 unspecified atom stereocenters. The first-order chi connectivity index (χ1) is 5.24. The molecule has 0 aliphatic rings. The number of halogens is 2. The van der Waals surface area contributed by atoms with E-state index >= 15 is 0 Å². The molecular formula is C7H5Cl2NO. The number of nitrogens with one attached hydrogen (secondary N) is 1. The van der Waals surface area contributed by atoms with Crippen molar-refractivity contribution in [3.8, 4) is 0 Å². The largest absolute Gasteiger partial charge is 0.298 e. The van der Waals surface area contributed by atoms with Crippen LogP contribution in [0.4, 0.5) is 5.69 Å². The van der Waals surface area contributed by atoms with E-state index < -0.39 is 5.24 Å².